The molecule has 0 aromatic heterocycles. The zero-order valence-electron chi connectivity index (χ0n) is 8.06. The number of nitrogens with zero attached hydrogens (tertiary/aromatic N) is 1. The van der Waals surface area contributed by atoms with Gasteiger partial charge in [0.05, 0.1) is 19.8 Å². The van der Waals surface area contributed by atoms with E-state index in [1.54, 1.807) is 13.0 Å². The summed E-state index contributed by atoms with van der Waals surface area (Å²) < 4.78 is 9.72. The molecule has 0 fully saturated rings. The number of ether oxygens (including phenoxy) is 2. The molecule has 5 heteroatoms. The van der Waals surface area contributed by atoms with Gasteiger partial charge in [-0.25, -0.2) is 14.6 Å². The second-order valence-electron chi connectivity index (χ2n) is 2.25. The fraction of sp³-hybridized carbons (Fsp3) is 0.556. The summed E-state index contributed by atoms with van der Waals surface area (Å²) in [4.78, 5) is 23.7. The van der Waals surface area contributed by atoms with Crippen molar-refractivity contribution in [2.24, 2.45) is 4.99 Å². The lowest BCUT2D eigenvalue weighted by molar-refractivity contribution is -0.139. The number of isocyanates is 1. The molecule has 0 saturated carbocycles. The zero-order chi connectivity index (χ0) is 10.6. The Bertz CT molecular complexity index is 231. The fourth-order valence-electron chi connectivity index (χ4n) is 0.643. The van der Waals surface area contributed by atoms with E-state index in [1.807, 2.05) is 0 Å². The molecule has 0 atom stereocenters. The first-order chi connectivity index (χ1) is 6.81. The van der Waals surface area contributed by atoms with Crippen molar-refractivity contribution in [2.45, 2.75) is 6.92 Å². The molecule has 0 saturated heterocycles. The lowest BCUT2D eigenvalue weighted by Crippen LogP contribution is -2.09. The maximum absolute atomic E-state index is 10.7. The standard InChI is InChI=1S/C9H13NO4/c1-2-3-9(12)14-7-6-13-5-4-10-8-11/h2-3H,4-7H2,1H3/b3-2+. The first-order valence-electron chi connectivity index (χ1n) is 4.22. The van der Waals surface area contributed by atoms with Gasteiger partial charge in [-0.2, -0.15) is 0 Å². The molecule has 0 unspecified atom stereocenters. The number of carbonyl (C=O) groups is 1. The van der Waals surface area contributed by atoms with Crippen molar-refractivity contribution in [3.63, 3.8) is 0 Å². The molecule has 0 aliphatic rings. The summed E-state index contributed by atoms with van der Waals surface area (Å²) in [5.74, 6) is -0.387. The smallest absolute Gasteiger partial charge is 0.330 e. The predicted molar refractivity (Wildman–Crippen MR) is 49.6 cm³/mol. The number of hydrogen-bond acceptors (Lipinski definition) is 5. The van der Waals surface area contributed by atoms with Gasteiger partial charge in [0.1, 0.15) is 6.61 Å². The maximum atomic E-state index is 10.7. The summed E-state index contributed by atoms with van der Waals surface area (Å²) in [6.07, 6.45) is 4.32. The van der Waals surface area contributed by atoms with Gasteiger partial charge in [0.15, 0.2) is 0 Å². The van der Waals surface area contributed by atoms with Crippen LogP contribution in [0.4, 0.5) is 0 Å². The normalized spacial score (nSPS) is 9.79. The van der Waals surface area contributed by atoms with E-state index in [1.165, 1.54) is 12.2 Å². The average Bonchev–Trinajstić information content (AvgIpc) is 2.17. The molecule has 0 aliphatic carbocycles. The first-order valence-corrected chi connectivity index (χ1v) is 4.22. The highest BCUT2D eigenvalue weighted by Gasteiger charge is 1.94. The monoisotopic (exact) mass is 199 g/mol. The lowest BCUT2D eigenvalue weighted by Gasteiger charge is -2.01. The molecule has 0 rings (SSSR count). The molecule has 14 heavy (non-hydrogen) atoms. The molecular formula is C9H13NO4. The molecular weight excluding hydrogens is 186 g/mol. The van der Waals surface area contributed by atoms with Gasteiger partial charge < -0.3 is 9.47 Å². The van der Waals surface area contributed by atoms with Crippen LogP contribution < -0.4 is 0 Å². The van der Waals surface area contributed by atoms with Crippen molar-refractivity contribution in [1.29, 1.82) is 0 Å². The van der Waals surface area contributed by atoms with Crippen LogP contribution in [0.2, 0.25) is 0 Å². The minimum atomic E-state index is -0.387. The Morgan fingerprint density at radius 3 is 2.86 bits per heavy atom. The van der Waals surface area contributed by atoms with Crippen molar-refractivity contribution in [3.8, 4) is 0 Å². The third-order valence-electron chi connectivity index (χ3n) is 1.19. The van der Waals surface area contributed by atoms with Crippen LogP contribution in [0.5, 0.6) is 0 Å². The number of aliphatic imine (C=N–C) groups is 1. The Hall–Kier alpha value is -1.45. The van der Waals surface area contributed by atoms with Crippen LogP contribution in [0.3, 0.4) is 0 Å². The summed E-state index contributed by atoms with van der Waals surface area (Å²) in [6.45, 7) is 2.85. The van der Waals surface area contributed by atoms with Crippen LogP contribution in [0.15, 0.2) is 17.1 Å². The predicted octanol–water partition coefficient (Wildman–Crippen LogP) is 0.458. The third kappa shape index (κ3) is 8.64. The molecule has 0 aromatic rings. The van der Waals surface area contributed by atoms with E-state index in [4.69, 9.17) is 9.47 Å². The van der Waals surface area contributed by atoms with Gasteiger partial charge in [0, 0.05) is 6.08 Å². The number of rotatable bonds is 7. The molecule has 5 nitrogen and oxygen atoms in total. The summed E-state index contributed by atoms with van der Waals surface area (Å²) in [5, 5.41) is 0. The third-order valence-corrected chi connectivity index (χ3v) is 1.19. The molecule has 0 aliphatic heterocycles. The van der Waals surface area contributed by atoms with E-state index < -0.39 is 0 Å². The molecule has 0 spiro atoms. The highest BCUT2D eigenvalue weighted by Crippen LogP contribution is 1.83. The second kappa shape index (κ2) is 9.64. The Kier molecular flexibility index (Phi) is 8.64. The van der Waals surface area contributed by atoms with Gasteiger partial charge in [-0.3, -0.25) is 0 Å². The van der Waals surface area contributed by atoms with Crippen molar-refractivity contribution in [3.05, 3.63) is 12.2 Å². The molecule has 0 radical (unpaired) electrons. The van der Waals surface area contributed by atoms with Gasteiger partial charge in [-0.05, 0) is 6.92 Å². The van der Waals surface area contributed by atoms with Gasteiger partial charge >= 0.3 is 5.97 Å². The van der Waals surface area contributed by atoms with Crippen molar-refractivity contribution < 1.29 is 19.1 Å². The molecule has 0 bridgehead atoms. The zero-order valence-corrected chi connectivity index (χ0v) is 8.06. The quantitative estimate of drug-likeness (QED) is 0.196. The number of allylic oxidation sites excluding steroid dienone is 1. The minimum absolute atomic E-state index is 0.202. The largest absolute Gasteiger partial charge is 0.460 e. The lowest BCUT2D eigenvalue weighted by atomic mass is 10.5. The van der Waals surface area contributed by atoms with Crippen molar-refractivity contribution >= 4 is 12.0 Å². The second-order valence-corrected chi connectivity index (χ2v) is 2.25. The average molecular weight is 199 g/mol. The minimum Gasteiger partial charge on any atom is -0.460 e. The Labute approximate surface area is 82.4 Å². The molecule has 0 amide bonds. The molecule has 0 aromatic carbocycles. The summed E-state index contributed by atoms with van der Waals surface area (Å²) >= 11 is 0. The van der Waals surface area contributed by atoms with Crippen LogP contribution in [0.25, 0.3) is 0 Å². The highest BCUT2D eigenvalue weighted by molar-refractivity contribution is 5.81. The van der Waals surface area contributed by atoms with Gasteiger partial charge in [-0.1, -0.05) is 6.08 Å². The van der Waals surface area contributed by atoms with Gasteiger partial charge in [0.25, 0.3) is 0 Å². The number of hydrogen-bond donors (Lipinski definition) is 0. The van der Waals surface area contributed by atoms with E-state index in [2.05, 4.69) is 4.99 Å². The maximum Gasteiger partial charge on any atom is 0.330 e. The van der Waals surface area contributed by atoms with Crippen LogP contribution >= 0.6 is 0 Å². The Morgan fingerprint density at radius 1 is 1.43 bits per heavy atom. The SMILES string of the molecule is C/C=C/C(=O)OCCOCCN=C=O. The first kappa shape index (κ1) is 12.6. The van der Waals surface area contributed by atoms with Gasteiger partial charge in [0.2, 0.25) is 6.08 Å². The topological polar surface area (TPSA) is 65.0 Å². The number of carbonyl (C=O) groups excluding carboxylic acids is 2. The molecule has 0 heterocycles. The van der Waals surface area contributed by atoms with Gasteiger partial charge in [-0.15, -0.1) is 0 Å². The van der Waals surface area contributed by atoms with Crippen LogP contribution in [0, 0.1) is 0 Å². The highest BCUT2D eigenvalue weighted by atomic mass is 16.6. The number of esters is 1. The fourth-order valence-corrected chi connectivity index (χ4v) is 0.643. The Balaban J connectivity index is 3.21. The van der Waals surface area contributed by atoms with Crippen molar-refractivity contribution in [1.82, 2.24) is 0 Å². The van der Waals surface area contributed by atoms with Crippen LogP contribution in [0.1, 0.15) is 6.92 Å². The Morgan fingerprint density at radius 2 is 2.21 bits per heavy atom. The summed E-state index contributed by atoms with van der Waals surface area (Å²) in [5.41, 5.74) is 0. The van der Waals surface area contributed by atoms with E-state index in [0.717, 1.165) is 0 Å². The van der Waals surface area contributed by atoms with E-state index >= 15 is 0 Å². The summed E-state index contributed by atoms with van der Waals surface area (Å²) in [6, 6.07) is 0. The molecule has 78 valence electrons. The van der Waals surface area contributed by atoms with Crippen molar-refractivity contribution in [2.75, 3.05) is 26.4 Å². The molecule has 0 N–H and O–H groups in total. The van der Waals surface area contributed by atoms with E-state index in [9.17, 15) is 9.59 Å². The van der Waals surface area contributed by atoms with Crippen LogP contribution in [-0.4, -0.2) is 38.4 Å². The summed E-state index contributed by atoms with van der Waals surface area (Å²) in [7, 11) is 0. The van der Waals surface area contributed by atoms with E-state index in [-0.39, 0.29) is 19.1 Å². The van der Waals surface area contributed by atoms with Crippen LogP contribution in [-0.2, 0) is 19.1 Å². The van der Waals surface area contributed by atoms with E-state index in [0.29, 0.717) is 13.2 Å².